The lowest BCUT2D eigenvalue weighted by Crippen LogP contribution is -2.29. The van der Waals surface area contributed by atoms with Crippen LogP contribution in [0.3, 0.4) is 0 Å². The molecule has 1 N–H and O–H groups in total. The first-order valence-corrected chi connectivity index (χ1v) is 11.4. The second kappa shape index (κ2) is 8.75. The van der Waals surface area contributed by atoms with Gasteiger partial charge in [-0.15, -0.1) is 0 Å². The molecule has 1 aliphatic rings. The number of benzene rings is 3. The standard InChI is InChI=1S/C27H24ClN3O2/c1-3-33-21-9-6-8-19(15-21)26-23-24(18-13-11-17(2)12-14-18)29-30-25(23)27(32)31(26)16-20-7-4-5-10-22(20)28/h4-15,26H,3,16H2,1-2H3,(H,29,30). The number of hydrogen-bond acceptors (Lipinski definition) is 3. The van der Waals surface area contributed by atoms with Crippen molar-refractivity contribution < 1.29 is 9.53 Å². The fourth-order valence-electron chi connectivity index (χ4n) is 4.39. The fraction of sp³-hybridized carbons (Fsp3) is 0.185. The van der Waals surface area contributed by atoms with Gasteiger partial charge in [0.05, 0.1) is 18.3 Å². The Morgan fingerprint density at radius 2 is 1.85 bits per heavy atom. The minimum atomic E-state index is -0.320. The molecule has 1 amide bonds. The molecule has 6 heteroatoms. The highest BCUT2D eigenvalue weighted by Crippen LogP contribution is 2.44. The number of H-pyrrole nitrogens is 1. The van der Waals surface area contributed by atoms with Gasteiger partial charge in [-0.2, -0.15) is 5.10 Å². The average molecular weight is 458 g/mol. The van der Waals surface area contributed by atoms with E-state index < -0.39 is 0 Å². The topological polar surface area (TPSA) is 58.2 Å². The number of aromatic amines is 1. The summed E-state index contributed by atoms with van der Waals surface area (Å²) in [5.41, 5.74) is 6.18. The van der Waals surface area contributed by atoms with E-state index in [2.05, 4.69) is 29.3 Å². The number of rotatable bonds is 6. The van der Waals surface area contributed by atoms with Crippen LogP contribution >= 0.6 is 11.6 Å². The predicted octanol–water partition coefficient (Wildman–Crippen LogP) is 6.18. The third-order valence-electron chi connectivity index (χ3n) is 5.97. The Hall–Kier alpha value is -3.57. The lowest BCUT2D eigenvalue weighted by atomic mass is 9.95. The summed E-state index contributed by atoms with van der Waals surface area (Å²) in [6.07, 6.45) is 0. The molecule has 166 valence electrons. The van der Waals surface area contributed by atoms with Gasteiger partial charge in [-0.3, -0.25) is 9.89 Å². The van der Waals surface area contributed by atoms with Gasteiger partial charge in [-0.05, 0) is 43.2 Å². The molecule has 3 aromatic carbocycles. The number of amides is 1. The second-order valence-electron chi connectivity index (χ2n) is 8.16. The van der Waals surface area contributed by atoms with Gasteiger partial charge in [0.15, 0.2) is 0 Å². The third kappa shape index (κ3) is 3.89. The molecule has 1 aromatic heterocycles. The van der Waals surface area contributed by atoms with Gasteiger partial charge >= 0.3 is 0 Å². The first kappa shape index (κ1) is 21.3. The molecule has 5 rings (SSSR count). The number of nitrogens with zero attached hydrogens (tertiary/aromatic N) is 2. The Morgan fingerprint density at radius 1 is 1.06 bits per heavy atom. The van der Waals surface area contributed by atoms with Crippen molar-refractivity contribution in [2.24, 2.45) is 0 Å². The Balaban J connectivity index is 1.65. The number of ether oxygens (including phenoxy) is 1. The predicted molar refractivity (Wildman–Crippen MR) is 130 cm³/mol. The summed E-state index contributed by atoms with van der Waals surface area (Å²) in [5.74, 6) is 0.677. The van der Waals surface area contributed by atoms with Crippen molar-refractivity contribution in [3.8, 4) is 17.0 Å². The van der Waals surface area contributed by atoms with Gasteiger partial charge in [0, 0.05) is 22.7 Å². The van der Waals surface area contributed by atoms with E-state index in [-0.39, 0.29) is 11.9 Å². The number of hydrogen-bond donors (Lipinski definition) is 1. The van der Waals surface area contributed by atoms with Crippen molar-refractivity contribution in [3.63, 3.8) is 0 Å². The SMILES string of the molecule is CCOc1cccc(C2c3c(-c4ccc(C)cc4)n[nH]c3C(=O)N2Cc2ccccc2Cl)c1. The highest BCUT2D eigenvalue weighted by atomic mass is 35.5. The van der Waals surface area contributed by atoms with Gasteiger partial charge in [0.2, 0.25) is 0 Å². The van der Waals surface area contributed by atoms with Crippen molar-refractivity contribution >= 4 is 17.5 Å². The van der Waals surface area contributed by atoms with Crippen LogP contribution in [0, 0.1) is 6.92 Å². The van der Waals surface area contributed by atoms with Crippen LogP contribution in [0.25, 0.3) is 11.3 Å². The van der Waals surface area contributed by atoms with Crippen LogP contribution < -0.4 is 4.74 Å². The summed E-state index contributed by atoms with van der Waals surface area (Å²) in [5, 5.41) is 8.20. The van der Waals surface area contributed by atoms with Crippen LogP contribution in [0.15, 0.2) is 72.8 Å². The number of aromatic nitrogens is 2. The number of fused-ring (bicyclic) bond motifs is 1. The molecule has 2 heterocycles. The Kier molecular flexibility index (Phi) is 5.65. The third-order valence-corrected chi connectivity index (χ3v) is 6.34. The van der Waals surface area contributed by atoms with E-state index in [4.69, 9.17) is 16.3 Å². The summed E-state index contributed by atoms with van der Waals surface area (Å²) >= 11 is 6.46. The molecule has 0 spiro atoms. The van der Waals surface area contributed by atoms with Gasteiger partial charge in [0.25, 0.3) is 5.91 Å². The maximum atomic E-state index is 13.6. The van der Waals surface area contributed by atoms with E-state index >= 15 is 0 Å². The molecule has 0 fully saturated rings. The summed E-state index contributed by atoms with van der Waals surface area (Å²) in [6, 6.07) is 23.4. The molecule has 0 aliphatic carbocycles. The molecule has 5 nitrogen and oxygen atoms in total. The normalized spacial score (nSPS) is 15.1. The van der Waals surface area contributed by atoms with Crippen LogP contribution in [-0.4, -0.2) is 27.6 Å². The van der Waals surface area contributed by atoms with Crippen molar-refractivity contribution in [1.29, 1.82) is 0 Å². The van der Waals surface area contributed by atoms with Gasteiger partial charge in [0.1, 0.15) is 11.4 Å². The molecule has 0 bridgehead atoms. The van der Waals surface area contributed by atoms with E-state index in [1.807, 2.05) is 72.5 Å². The Labute approximate surface area is 198 Å². The minimum absolute atomic E-state index is 0.0948. The monoisotopic (exact) mass is 457 g/mol. The van der Waals surface area contributed by atoms with E-state index in [1.54, 1.807) is 0 Å². The average Bonchev–Trinajstić information content (AvgIpc) is 3.36. The number of aryl methyl sites for hydroxylation is 1. The number of halogens is 1. The van der Waals surface area contributed by atoms with Gasteiger partial charge in [-0.1, -0.05) is 71.8 Å². The molecule has 1 atom stereocenters. The maximum absolute atomic E-state index is 13.6. The van der Waals surface area contributed by atoms with Crippen LogP contribution in [0.1, 0.15) is 45.7 Å². The van der Waals surface area contributed by atoms with Crippen molar-refractivity contribution in [2.75, 3.05) is 6.61 Å². The quantitative estimate of drug-likeness (QED) is 0.376. The minimum Gasteiger partial charge on any atom is -0.494 e. The van der Waals surface area contributed by atoms with E-state index in [9.17, 15) is 4.79 Å². The highest BCUT2D eigenvalue weighted by molar-refractivity contribution is 6.31. The maximum Gasteiger partial charge on any atom is 0.273 e. The summed E-state index contributed by atoms with van der Waals surface area (Å²) < 4.78 is 5.76. The summed E-state index contributed by atoms with van der Waals surface area (Å²) in [6.45, 7) is 4.97. The molecule has 1 aliphatic heterocycles. The Morgan fingerprint density at radius 3 is 2.61 bits per heavy atom. The smallest absolute Gasteiger partial charge is 0.273 e. The summed E-state index contributed by atoms with van der Waals surface area (Å²) in [7, 11) is 0. The van der Waals surface area contributed by atoms with Crippen LogP contribution in [0.5, 0.6) is 5.75 Å². The number of nitrogens with one attached hydrogen (secondary N) is 1. The number of carbonyl (C=O) groups excluding carboxylic acids is 1. The molecule has 0 saturated carbocycles. The molecule has 1 unspecified atom stereocenters. The van der Waals surface area contributed by atoms with Crippen molar-refractivity contribution in [1.82, 2.24) is 15.1 Å². The zero-order valence-electron chi connectivity index (χ0n) is 18.5. The highest BCUT2D eigenvalue weighted by Gasteiger charge is 2.42. The molecule has 0 radical (unpaired) electrons. The largest absolute Gasteiger partial charge is 0.494 e. The van der Waals surface area contributed by atoms with E-state index in [0.717, 1.165) is 33.7 Å². The second-order valence-corrected chi connectivity index (χ2v) is 8.57. The first-order valence-electron chi connectivity index (χ1n) is 11.0. The zero-order valence-corrected chi connectivity index (χ0v) is 19.3. The van der Waals surface area contributed by atoms with Crippen LogP contribution in [0.2, 0.25) is 5.02 Å². The van der Waals surface area contributed by atoms with Crippen molar-refractivity contribution in [3.05, 3.63) is 106 Å². The molecular weight excluding hydrogens is 434 g/mol. The van der Waals surface area contributed by atoms with Gasteiger partial charge < -0.3 is 9.64 Å². The fourth-order valence-corrected chi connectivity index (χ4v) is 4.58. The van der Waals surface area contributed by atoms with Crippen LogP contribution in [0.4, 0.5) is 0 Å². The van der Waals surface area contributed by atoms with E-state index in [0.29, 0.717) is 23.9 Å². The first-order chi connectivity index (χ1) is 16.1. The lowest BCUT2D eigenvalue weighted by molar-refractivity contribution is 0.0730. The molecule has 4 aromatic rings. The molecular formula is C27H24ClN3O2. The van der Waals surface area contributed by atoms with E-state index in [1.165, 1.54) is 5.56 Å². The molecule has 0 saturated heterocycles. The van der Waals surface area contributed by atoms with Crippen molar-refractivity contribution in [2.45, 2.75) is 26.4 Å². The van der Waals surface area contributed by atoms with Crippen LogP contribution in [-0.2, 0) is 6.54 Å². The number of carbonyl (C=O) groups is 1. The van der Waals surface area contributed by atoms with Gasteiger partial charge in [-0.25, -0.2) is 0 Å². The lowest BCUT2D eigenvalue weighted by Gasteiger charge is -2.27. The zero-order chi connectivity index (χ0) is 22.9. The Bertz CT molecular complexity index is 1310. The molecule has 33 heavy (non-hydrogen) atoms. The summed E-state index contributed by atoms with van der Waals surface area (Å²) in [4.78, 5) is 15.4.